The smallest absolute Gasteiger partial charge is 0.157 e. The molecule has 3 rings (SSSR count). The minimum atomic E-state index is 0.0754. The molecule has 1 atom stereocenters. The minimum Gasteiger partial charge on any atom is -0.328 e. The Morgan fingerprint density at radius 2 is 2.05 bits per heavy atom. The van der Waals surface area contributed by atoms with E-state index in [2.05, 4.69) is 15.4 Å². The Hall–Kier alpha value is -2.21. The molecule has 0 fully saturated rings. The molecule has 2 N–H and O–H groups in total. The Bertz CT molecular complexity index is 752. The molecule has 6 nitrogen and oxygen atoms in total. The van der Waals surface area contributed by atoms with E-state index >= 15 is 0 Å². The fourth-order valence-electron chi connectivity index (χ4n) is 2.54. The monoisotopic (exact) mass is 270 g/mol. The number of hydrogen-bond donors (Lipinski definition) is 1. The van der Waals surface area contributed by atoms with Gasteiger partial charge in [0.25, 0.3) is 0 Å². The van der Waals surface area contributed by atoms with Gasteiger partial charge in [-0.3, -0.25) is 4.68 Å². The summed E-state index contributed by atoms with van der Waals surface area (Å²) in [6, 6.07) is 7.97. The quantitative estimate of drug-likeness (QED) is 0.779. The van der Waals surface area contributed by atoms with Crippen LogP contribution >= 0.6 is 0 Å². The molecule has 0 bridgehead atoms. The van der Waals surface area contributed by atoms with Gasteiger partial charge in [0.05, 0.1) is 11.2 Å². The number of rotatable bonds is 3. The lowest BCUT2D eigenvalue weighted by Gasteiger charge is -2.09. The molecule has 2 heterocycles. The van der Waals surface area contributed by atoms with E-state index in [9.17, 15) is 0 Å². The number of nitrogens with two attached hydrogens (primary N) is 1. The van der Waals surface area contributed by atoms with E-state index in [0.717, 1.165) is 34.5 Å². The topological polar surface area (TPSA) is 74.5 Å². The van der Waals surface area contributed by atoms with Gasteiger partial charge in [-0.2, -0.15) is 9.78 Å². The van der Waals surface area contributed by atoms with E-state index in [-0.39, 0.29) is 6.04 Å². The van der Waals surface area contributed by atoms with E-state index in [4.69, 9.17) is 5.73 Å². The van der Waals surface area contributed by atoms with Crippen molar-refractivity contribution in [2.45, 2.75) is 26.3 Å². The van der Waals surface area contributed by atoms with Crippen LogP contribution in [0.4, 0.5) is 0 Å². The van der Waals surface area contributed by atoms with Gasteiger partial charge in [-0.05, 0) is 32.4 Å². The first-order chi connectivity index (χ1) is 9.58. The zero-order valence-corrected chi connectivity index (χ0v) is 11.9. The van der Waals surface area contributed by atoms with Crippen molar-refractivity contribution < 1.29 is 0 Å². The lowest BCUT2D eigenvalue weighted by molar-refractivity contribution is 0.676. The van der Waals surface area contributed by atoms with E-state index in [0.29, 0.717) is 0 Å². The van der Waals surface area contributed by atoms with Crippen molar-refractivity contribution in [2.75, 3.05) is 0 Å². The van der Waals surface area contributed by atoms with Crippen molar-refractivity contribution in [3.05, 3.63) is 35.5 Å². The number of hydrogen-bond acceptors (Lipinski definition) is 4. The summed E-state index contributed by atoms with van der Waals surface area (Å²) in [5, 5.41) is 13.0. The van der Waals surface area contributed by atoms with Crippen LogP contribution in [0.25, 0.3) is 16.9 Å². The Morgan fingerprint density at radius 1 is 1.30 bits per heavy atom. The van der Waals surface area contributed by atoms with Crippen LogP contribution in [0.2, 0.25) is 0 Å². The third-order valence-electron chi connectivity index (χ3n) is 3.39. The van der Waals surface area contributed by atoms with Gasteiger partial charge < -0.3 is 5.73 Å². The van der Waals surface area contributed by atoms with Crippen molar-refractivity contribution in [3.63, 3.8) is 0 Å². The Labute approximate surface area is 117 Å². The molecule has 0 saturated heterocycles. The van der Waals surface area contributed by atoms with Crippen molar-refractivity contribution in [1.29, 1.82) is 0 Å². The molecule has 3 aromatic rings. The van der Waals surface area contributed by atoms with Crippen molar-refractivity contribution in [3.8, 4) is 5.82 Å². The van der Waals surface area contributed by atoms with Crippen LogP contribution < -0.4 is 5.73 Å². The summed E-state index contributed by atoms with van der Waals surface area (Å²) in [4.78, 5) is 0. The zero-order chi connectivity index (χ0) is 14.3. The van der Waals surface area contributed by atoms with Crippen molar-refractivity contribution >= 4 is 11.0 Å². The predicted octanol–water partition coefficient (Wildman–Crippen LogP) is 1.35. The first kappa shape index (κ1) is 12.8. The third kappa shape index (κ3) is 1.98. The van der Waals surface area contributed by atoms with Gasteiger partial charge in [-0.25, -0.2) is 0 Å². The van der Waals surface area contributed by atoms with Gasteiger partial charge in [0.2, 0.25) is 0 Å². The highest BCUT2D eigenvalue weighted by atomic mass is 15.5. The molecule has 104 valence electrons. The zero-order valence-electron chi connectivity index (χ0n) is 11.9. The van der Waals surface area contributed by atoms with Crippen LogP contribution in [0, 0.1) is 6.92 Å². The SMILES string of the molecule is Cc1nn(C)c(-n2nnc3ccccc32)c1CC(C)N. The van der Waals surface area contributed by atoms with E-state index in [1.165, 1.54) is 0 Å². The van der Waals surface area contributed by atoms with Gasteiger partial charge in [0, 0.05) is 18.7 Å². The summed E-state index contributed by atoms with van der Waals surface area (Å²) < 4.78 is 3.68. The van der Waals surface area contributed by atoms with Crippen LogP contribution in [-0.2, 0) is 13.5 Å². The van der Waals surface area contributed by atoms with Crippen LogP contribution in [0.15, 0.2) is 24.3 Å². The molecule has 0 radical (unpaired) electrons. The second-order valence-corrected chi connectivity index (χ2v) is 5.18. The normalized spacial score (nSPS) is 13.0. The molecule has 20 heavy (non-hydrogen) atoms. The number of para-hydroxylation sites is 1. The van der Waals surface area contributed by atoms with Crippen molar-refractivity contribution in [2.24, 2.45) is 12.8 Å². The summed E-state index contributed by atoms with van der Waals surface area (Å²) in [5.41, 5.74) is 9.91. The maximum Gasteiger partial charge on any atom is 0.157 e. The third-order valence-corrected chi connectivity index (χ3v) is 3.39. The molecule has 0 aliphatic heterocycles. The molecule has 1 unspecified atom stereocenters. The molecule has 0 saturated carbocycles. The summed E-state index contributed by atoms with van der Waals surface area (Å²) in [6.07, 6.45) is 0.767. The van der Waals surface area contributed by atoms with E-state index in [1.54, 1.807) is 0 Å². The average molecular weight is 270 g/mol. The lowest BCUT2D eigenvalue weighted by Crippen LogP contribution is -2.19. The fraction of sp³-hybridized carbons (Fsp3) is 0.357. The molecule has 0 spiro atoms. The van der Waals surface area contributed by atoms with E-state index < -0.39 is 0 Å². The summed E-state index contributed by atoms with van der Waals surface area (Å²) in [5.74, 6) is 0.938. The highest BCUT2D eigenvalue weighted by Gasteiger charge is 2.18. The summed E-state index contributed by atoms with van der Waals surface area (Å²) >= 11 is 0. The summed E-state index contributed by atoms with van der Waals surface area (Å²) in [7, 11) is 1.92. The highest BCUT2D eigenvalue weighted by Crippen LogP contribution is 2.22. The number of nitrogens with zero attached hydrogens (tertiary/aromatic N) is 5. The van der Waals surface area contributed by atoms with Gasteiger partial charge >= 0.3 is 0 Å². The molecule has 0 aliphatic carbocycles. The lowest BCUT2D eigenvalue weighted by atomic mass is 10.1. The highest BCUT2D eigenvalue weighted by molar-refractivity contribution is 5.75. The van der Waals surface area contributed by atoms with Crippen LogP contribution in [-0.4, -0.2) is 30.8 Å². The second kappa shape index (κ2) is 4.72. The van der Waals surface area contributed by atoms with Crippen LogP contribution in [0.1, 0.15) is 18.2 Å². The van der Waals surface area contributed by atoms with Crippen LogP contribution in [0.5, 0.6) is 0 Å². The Morgan fingerprint density at radius 3 is 2.80 bits per heavy atom. The number of fused-ring (bicyclic) bond motifs is 1. The molecule has 6 heteroatoms. The standard InChI is InChI=1S/C14H18N6/c1-9(15)8-11-10(2)17-19(3)14(11)20-13-7-5-4-6-12(13)16-18-20/h4-7,9H,8,15H2,1-3H3. The minimum absolute atomic E-state index is 0.0754. The number of benzene rings is 1. The first-order valence-corrected chi connectivity index (χ1v) is 6.67. The number of aryl methyl sites for hydroxylation is 2. The molecule has 0 amide bonds. The Balaban J connectivity index is 2.23. The maximum absolute atomic E-state index is 5.96. The largest absolute Gasteiger partial charge is 0.328 e. The Kier molecular flexibility index (Phi) is 3.02. The van der Waals surface area contributed by atoms with Gasteiger partial charge in [0.1, 0.15) is 5.52 Å². The fourth-order valence-corrected chi connectivity index (χ4v) is 2.54. The first-order valence-electron chi connectivity index (χ1n) is 6.67. The van der Waals surface area contributed by atoms with Crippen LogP contribution in [0.3, 0.4) is 0 Å². The molecule has 1 aromatic carbocycles. The molecular weight excluding hydrogens is 252 g/mol. The van der Waals surface area contributed by atoms with Gasteiger partial charge in [-0.15, -0.1) is 5.10 Å². The second-order valence-electron chi connectivity index (χ2n) is 5.18. The predicted molar refractivity (Wildman–Crippen MR) is 77.7 cm³/mol. The molecular formula is C14H18N6. The average Bonchev–Trinajstić information content (AvgIpc) is 2.92. The van der Waals surface area contributed by atoms with Gasteiger partial charge in [-0.1, -0.05) is 17.3 Å². The molecule has 2 aromatic heterocycles. The van der Waals surface area contributed by atoms with Gasteiger partial charge in [0.15, 0.2) is 5.82 Å². The number of aromatic nitrogens is 5. The maximum atomic E-state index is 5.96. The van der Waals surface area contributed by atoms with E-state index in [1.807, 2.05) is 54.5 Å². The summed E-state index contributed by atoms with van der Waals surface area (Å²) in [6.45, 7) is 4.00. The van der Waals surface area contributed by atoms with Crippen molar-refractivity contribution in [1.82, 2.24) is 24.8 Å². The molecule has 0 aliphatic rings.